The Labute approximate surface area is 242 Å². The molecular weight excluding hydrogens is 564 g/mol. The summed E-state index contributed by atoms with van der Waals surface area (Å²) >= 11 is 0. The fraction of sp³-hybridized carbons (Fsp3) is 0.345. The van der Waals surface area contributed by atoms with Gasteiger partial charge in [0, 0.05) is 31.2 Å². The van der Waals surface area contributed by atoms with Crippen molar-refractivity contribution in [3.8, 4) is 0 Å². The standard InChI is InChI=1S/C29H36N4O6S2/c1-30-24-14-6-8-16-26(24)32(20-10-12-22-40(34,35)36)28(30)18-4-3-5-19-29-31(2)25-15-7-9-17-27(25)33(29)21-11-13-23-41(37,38)39/h3-9,14-19H,10-13,20-23H2,1-2H3,(H-,34,35,36,37,38,39)/p-1. The number of aromatic nitrogens is 2. The fourth-order valence-corrected chi connectivity index (χ4v) is 6.24. The minimum absolute atomic E-state index is 0.303. The molecule has 0 unspecified atom stereocenters. The van der Waals surface area contributed by atoms with E-state index in [0.717, 1.165) is 34.1 Å². The summed E-state index contributed by atoms with van der Waals surface area (Å²) in [6.07, 6.45) is 11.5. The number of allylic oxidation sites excluding steroid dienone is 4. The Hall–Kier alpha value is -3.45. The van der Waals surface area contributed by atoms with Crippen LogP contribution in [0.25, 0.3) is 17.1 Å². The van der Waals surface area contributed by atoms with Crippen molar-refractivity contribution in [2.75, 3.05) is 34.9 Å². The molecule has 1 aromatic heterocycles. The highest BCUT2D eigenvalue weighted by Gasteiger charge is 2.27. The third-order valence-corrected chi connectivity index (χ3v) is 8.65. The van der Waals surface area contributed by atoms with E-state index in [-0.39, 0.29) is 11.5 Å². The van der Waals surface area contributed by atoms with Gasteiger partial charge in [-0.15, -0.1) is 0 Å². The van der Waals surface area contributed by atoms with Gasteiger partial charge in [-0.05, 0) is 56.0 Å². The number of rotatable bonds is 13. The van der Waals surface area contributed by atoms with Gasteiger partial charge in [0.25, 0.3) is 5.82 Å². The molecule has 0 saturated carbocycles. The van der Waals surface area contributed by atoms with Crippen molar-refractivity contribution in [1.29, 1.82) is 0 Å². The number of anilines is 2. The average molecular weight is 600 g/mol. The van der Waals surface area contributed by atoms with Crippen LogP contribution in [0.1, 0.15) is 31.5 Å². The molecule has 1 aliphatic heterocycles. The lowest BCUT2D eigenvalue weighted by atomic mass is 10.2. The van der Waals surface area contributed by atoms with Crippen LogP contribution in [-0.4, -0.2) is 55.6 Å². The highest BCUT2D eigenvalue weighted by Crippen LogP contribution is 2.40. The van der Waals surface area contributed by atoms with Crippen LogP contribution in [0.2, 0.25) is 0 Å². The Kier molecular flexibility index (Phi) is 9.69. The molecule has 0 aliphatic carbocycles. The molecule has 4 rings (SSSR count). The first-order valence-corrected chi connectivity index (χ1v) is 16.6. The molecule has 10 nitrogen and oxygen atoms in total. The van der Waals surface area contributed by atoms with Gasteiger partial charge in [0.1, 0.15) is 5.82 Å². The van der Waals surface area contributed by atoms with Gasteiger partial charge in [-0.25, -0.2) is 26.0 Å². The first-order valence-electron chi connectivity index (χ1n) is 13.5. The molecule has 2 heterocycles. The second-order valence-corrected chi connectivity index (χ2v) is 13.0. The number of para-hydroxylation sites is 4. The molecular formula is C29H35N4O6S2-. The first kappa shape index (κ1) is 30.5. The van der Waals surface area contributed by atoms with Crippen LogP contribution in [-0.2, 0) is 33.8 Å². The average Bonchev–Trinajstić information content (AvgIpc) is 3.34. The van der Waals surface area contributed by atoms with Crippen molar-refractivity contribution >= 4 is 48.7 Å². The fourth-order valence-electron chi connectivity index (χ4n) is 5.13. The quantitative estimate of drug-likeness (QED) is 0.126. The summed E-state index contributed by atoms with van der Waals surface area (Å²) in [7, 11) is -4.50. The van der Waals surface area contributed by atoms with Crippen LogP contribution in [0.4, 0.5) is 11.4 Å². The van der Waals surface area contributed by atoms with E-state index in [9.17, 15) is 25.9 Å². The second-order valence-electron chi connectivity index (χ2n) is 9.96. The molecule has 0 bridgehead atoms. The van der Waals surface area contributed by atoms with Crippen LogP contribution >= 0.6 is 0 Å². The Bertz CT molecular complexity index is 1690. The summed E-state index contributed by atoms with van der Waals surface area (Å²) in [5, 5.41) is 0. The van der Waals surface area contributed by atoms with Gasteiger partial charge < -0.3 is 18.9 Å². The Morgan fingerprint density at radius 3 is 2.07 bits per heavy atom. The monoisotopic (exact) mass is 599 g/mol. The zero-order chi connectivity index (χ0) is 29.6. The molecule has 1 aliphatic rings. The van der Waals surface area contributed by atoms with Gasteiger partial charge in [0.15, 0.2) is 11.0 Å². The van der Waals surface area contributed by atoms with Gasteiger partial charge in [-0.1, -0.05) is 42.5 Å². The van der Waals surface area contributed by atoms with Crippen LogP contribution in [0.5, 0.6) is 0 Å². The van der Waals surface area contributed by atoms with E-state index in [1.165, 1.54) is 0 Å². The van der Waals surface area contributed by atoms with Crippen molar-refractivity contribution < 1.29 is 30.5 Å². The van der Waals surface area contributed by atoms with Crippen LogP contribution in [0.15, 0.2) is 78.7 Å². The predicted molar refractivity (Wildman–Crippen MR) is 159 cm³/mol. The van der Waals surface area contributed by atoms with E-state index in [1.54, 1.807) is 0 Å². The van der Waals surface area contributed by atoms with Crippen LogP contribution in [0, 0.1) is 0 Å². The number of aryl methyl sites for hydroxylation is 2. The number of fused-ring (bicyclic) bond motifs is 2. The maximum atomic E-state index is 11.0. The molecule has 0 saturated heterocycles. The van der Waals surface area contributed by atoms with E-state index < -0.39 is 20.2 Å². The Morgan fingerprint density at radius 1 is 0.780 bits per heavy atom. The summed E-state index contributed by atoms with van der Waals surface area (Å²) in [5.41, 5.74) is 4.13. The smallest absolute Gasteiger partial charge is 0.282 e. The number of imidazole rings is 1. The first-order chi connectivity index (χ1) is 19.5. The number of nitrogens with zero attached hydrogens (tertiary/aromatic N) is 4. The topological polar surface area (TPSA) is 130 Å². The predicted octanol–water partition coefficient (Wildman–Crippen LogP) is 3.48. The molecule has 12 heteroatoms. The maximum absolute atomic E-state index is 11.0. The van der Waals surface area contributed by atoms with Gasteiger partial charge in [-0.3, -0.25) is 0 Å². The zero-order valence-electron chi connectivity index (χ0n) is 23.2. The summed E-state index contributed by atoms with van der Waals surface area (Å²) in [6.45, 7) is 1.16. The lowest BCUT2D eigenvalue weighted by molar-refractivity contribution is -0.647. The number of hydrogen-bond donors (Lipinski definition) is 0. The van der Waals surface area contributed by atoms with Crippen molar-refractivity contribution in [1.82, 2.24) is 4.57 Å². The molecule has 0 fully saturated rings. The molecule has 2 aromatic carbocycles. The maximum Gasteiger partial charge on any atom is 0.282 e. The Balaban J connectivity index is 1.51. The molecule has 0 radical (unpaired) electrons. The van der Waals surface area contributed by atoms with Crippen molar-refractivity contribution in [2.45, 2.75) is 32.2 Å². The molecule has 0 spiro atoms. The van der Waals surface area contributed by atoms with Crippen LogP contribution in [0.3, 0.4) is 0 Å². The summed E-state index contributed by atoms with van der Waals surface area (Å²) in [5.74, 6) is 1.14. The van der Waals surface area contributed by atoms with E-state index in [0.29, 0.717) is 38.8 Å². The molecule has 0 amide bonds. The van der Waals surface area contributed by atoms with Gasteiger partial charge in [0.2, 0.25) is 0 Å². The van der Waals surface area contributed by atoms with Gasteiger partial charge >= 0.3 is 0 Å². The van der Waals surface area contributed by atoms with E-state index >= 15 is 0 Å². The normalized spacial score (nSPS) is 15.3. The van der Waals surface area contributed by atoms with Crippen molar-refractivity contribution in [2.24, 2.45) is 7.05 Å². The second kappa shape index (κ2) is 13.0. The minimum atomic E-state index is -4.23. The zero-order valence-corrected chi connectivity index (χ0v) is 24.9. The number of unbranched alkanes of at least 4 members (excludes halogenated alkanes) is 2. The highest BCUT2D eigenvalue weighted by molar-refractivity contribution is 7.85. The van der Waals surface area contributed by atoms with E-state index in [4.69, 9.17) is 0 Å². The van der Waals surface area contributed by atoms with Crippen molar-refractivity contribution in [3.05, 3.63) is 84.5 Å². The van der Waals surface area contributed by atoms with Crippen LogP contribution < -0.4 is 14.4 Å². The summed E-state index contributed by atoms with van der Waals surface area (Å²) in [6, 6.07) is 16.0. The number of benzene rings is 2. The SMILES string of the molecule is CN1\C(=C/C=C/C=C/c2n(CCCCS(=O)(=O)[O-])c3ccccc3[n+]2C)N(CCCCS(=O)(=O)[O-])c2ccccc21. The molecule has 0 atom stereocenters. The van der Waals surface area contributed by atoms with E-state index in [1.807, 2.05) is 93.0 Å². The lowest BCUT2D eigenvalue weighted by Gasteiger charge is -2.22. The minimum Gasteiger partial charge on any atom is -0.748 e. The largest absolute Gasteiger partial charge is 0.748 e. The molecule has 41 heavy (non-hydrogen) atoms. The van der Waals surface area contributed by atoms with Crippen molar-refractivity contribution in [3.63, 3.8) is 0 Å². The van der Waals surface area contributed by atoms with Gasteiger partial charge in [-0.2, -0.15) is 0 Å². The number of hydrogen-bond acceptors (Lipinski definition) is 8. The summed E-state index contributed by atoms with van der Waals surface area (Å²) < 4.78 is 70.2. The summed E-state index contributed by atoms with van der Waals surface area (Å²) in [4.78, 5) is 4.20. The Morgan fingerprint density at radius 2 is 1.39 bits per heavy atom. The molecule has 3 aromatic rings. The molecule has 220 valence electrons. The highest BCUT2D eigenvalue weighted by atomic mass is 32.2. The molecule has 0 N–H and O–H groups in total. The van der Waals surface area contributed by atoms with Gasteiger partial charge in [0.05, 0.1) is 45.2 Å². The lowest BCUT2D eigenvalue weighted by Crippen LogP contribution is -2.31. The van der Waals surface area contributed by atoms with E-state index in [2.05, 4.69) is 18.9 Å². The third kappa shape index (κ3) is 7.85. The third-order valence-electron chi connectivity index (χ3n) is 7.07.